The van der Waals surface area contributed by atoms with Crippen molar-refractivity contribution in [2.45, 2.75) is 46.1 Å². The van der Waals surface area contributed by atoms with Crippen molar-refractivity contribution in [2.24, 2.45) is 0 Å². The maximum atomic E-state index is 3.46. The van der Waals surface area contributed by atoms with Gasteiger partial charge >= 0.3 is 0 Å². The van der Waals surface area contributed by atoms with E-state index >= 15 is 0 Å². The second-order valence-electron chi connectivity index (χ2n) is 6.14. The van der Waals surface area contributed by atoms with E-state index in [9.17, 15) is 0 Å². The predicted octanol–water partition coefficient (Wildman–Crippen LogP) is 5.02. The molecule has 2 aromatic carbocycles. The van der Waals surface area contributed by atoms with Gasteiger partial charge in [-0.15, -0.1) is 0 Å². The fourth-order valence-corrected chi connectivity index (χ4v) is 2.67. The van der Waals surface area contributed by atoms with Crippen molar-refractivity contribution in [3.63, 3.8) is 0 Å². The molecule has 1 nitrogen and oxygen atoms in total. The van der Waals surface area contributed by atoms with Crippen LogP contribution < -0.4 is 5.32 Å². The topological polar surface area (TPSA) is 12.0 Å². The van der Waals surface area contributed by atoms with Gasteiger partial charge in [-0.05, 0) is 48.1 Å². The molecule has 0 radical (unpaired) electrons. The fourth-order valence-electron chi connectivity index (χ4n) is 2.67. The molecule has 112 valence electrons. The largest absolute Gasteiger partial charge is 0.314 e. The quantitative estimate of drug-likeness (QED) is 0.784. The van der Waals surface area contributed by atoms with Crippen LogP contribution in [0.15, 0.2) is 48.5 Å². The molecule has 0 saturated carbocycles. The highest BCUT2D eigenvalue weighted by atomic mass is 14.9. The van der Waals surface area contributed by atoms with Crippen molar-refractivity contribution >= 4 is 0 Å². The Kier molecular flexibility index (Phi) is 5.58. The van der Waals surface area contributed by atoms with E-state index < -0.39 is 0 Å². The van der Waals surface area contributed by atoms with E-state index in [1.807, 2.05) is 0 Å². The summed E-state index contributed by atoms with van der Waals surface area (Å²) in [5.41, 5.74) is 5.39. The zero-order chi connectivity index (χ0) is 15.2. The zero-order valence-corrected chi connectivity index (χ0v) is 13.7. The van der Waals surface area contributed by atoms with Crippen molar-refractivity contribution in [2.75, 3.05) is 6.54 Å². The molecule has 1 heteroatoms. The van der Waals surface area contributed by atoms with Gasteiger partial charge in [0.05, 0.1) is 0 Å². The molecule has 1 unspecified atom stereocenters. The van der Waals surface area contributed by atoms with Gasteiger partial charge in [0.15, 0.2) is 0 Å². The summed E-state index contributed by atoms with van der Waals surface area (Å²) < 4.78 is 0. The molecule has 1 atom stereocenters. The molecule has 0 saturated heterocycles. The maximum absolute atomic E-state index is 3.46. The summed E-state index contributed by atoms with van der Waals surface area (Å²) in [7, 11) is 0. The monoisotopic (exact) mass is 281 g/mol. The zero-order valence-electron chi connectivity index (χ0n) is 13.7. The summed E-state index contributed by atoms with van der Waals surface area (Å²) in [6, 6.07) is 18.4. The minimum absolute atomic E-state index is 0.533. The Bertz CT molecular complexity index is 537. The van der Waals surface area contributed by atoms with Crippen LogP contribution in [0, 0.1) is 0 Å². The van der Waals surface area contributed by atoms with Crippen LogP contribution in [-0.4, -0.2) is 12.6 Å². The van der Waals surface area contributed by atoms with Crippen LogP contribution in [-0.2, 0) is 6.42 Å². The summed E-state index contributed by atoms with van der Waals surface area (Å²) in [6.07, 6.45) is 1.08. The fraction of sp³-hybridized carbons (Fsp3) is 0.400. The third-order valence-electron chi connectivity index (χ3n) is 3.96. The van der Waals surface area contributed by atoms with Crippen molar-refractivity contribution in [1.82, 2.24) is 5.32 Å². The smallest absolute Gasteiger partial charge is 0.00790 e. The molecule has 0 aliphatic rings. The van der Waals surface area contributed by atoms with Crippen LogP contribution in [0.5, 0.6) is 0 Å². The molecular weight excluding hydrogens is 254 g/mol. The second-order valence-corrected chi connectivity index (χ2v) is 6.14. The Balaban J connectivity index is 2.07. The molecule has 0 heterocycles. The number of hydrogen-bond acceptors (Lipinski definition) is 1. The molecular formula is C20H27N. The van der Waals surface area contributed by atoms with E-state index in [-0.39, 0.29) is 0 Å². The van der Waals surface area contributed by atoms with E-state index in [1.165, 1.54) is 22.3 Å². The highest BCUT2D eigenvalue weighted by Gasteiger charge is 2.04. The summed E-state index contributed by atoms with van der Waals surface area (Å²) >= 11 is 0. The minimum Gasteiger partial charge on any atom is -0.314 e. The van der Waals surface area contributed by atoms with Gasteiger partial charge in [-0.25, -0.2) is 0 Å². The summed E-state index contributed by atoms with van der Waals surface area (Å²) in [4.78, 5) is 0. The van der Waals surface area contributed by atoms with Crippen LogP contribution >= 0.6 is 0 Å². The SMILES string of the molecule is CCNC(C)Cc1ccc(-c2ccc(C(C)C)cc2)cc1. The first kappa shape index (κ1) is 15.8. The first-order valence-electron chi connectivity index (χ1n) is 8.02. The Hall–Kier alpha value is -1.60. The third kappa shape index (κ3) is 4.44. The van der Waals surface area contributed by atoms with Crippen molar-refractivity contribution < 1.29 is 0 Å². The van der Waals surface area contributed by atoms with Crippen LogP contribution in [0.3, 0.4) is 0 Å². The predicted molar refractivity (Wildman–Crippen MR) is 92.8 cm³/mol. The van der Waals surface area contributed by atoms with E-state index in [4.69, 9.17) is 0 Å². The second kappa shape index (κ2) is 7.42. The number of hydrogen-bond donors (Lipinski definition) is 1. The van der Waals surface area contributed by atoms with Gasteiger partial charge in [-0.1, -0.05) is 69.3 Å². The molecule has 2 aromatic rings. The molecule has 0 fully saturated rings. The Morgan fingerprint density at radius 1 is 0.810 bits per heavy atom. The highest BCUT2D eigenvalue weighted by Crippen LogP contribution is 2.23. The first-order chi connectivity index (χ1) is 10.1. The summed E-state index contributed by atoms with van der Waals surface area (Å²) in [5.74, 6) is 0.592. The van der Waals surface area contributed by atoms with E-state index in [0.717, 1.165) is 13.0 Å². The molecule has 1 N–H and O–H groups in total. The van der Waals surface area contributed by atoms with Crippen molar-refractivity contribution in [1.29, 1.82) is 0 Å². The van der Waals surface area contributed by atoms with Gasteiger partial charge in [0.1, 0.15) is 0 Å². The van der Waals surface area contributed by atoms with E-state index in [0.29, 0.717) is 12.0 Å². The first-order valence-corrected chi connectivity index (χ1v) is 8.02. The summed E-state index contributed by atoms with van der Waals surface area (Å²) in [5, 5.41) is 3.46. The Morgan fingerprint density at radius 2 is 1.33 bits per heavy atom. The van der Waals surface area contributed by atoms with E-state index in [2.05, 4.69) is 81.5 Å². The minimum atomic E-state index is 0.533. The van der Waals surface area contributed by atoms with Gasteiger partial charge < -0.3 is 5.32 Å². The molecule has 0 spiro atoms. The lowest BCUT2D eigenvalue weighted by atomic mass is 9.97. The molecule has 0 aliphatic heterocycles. The van der Waals surface area contributed by atoms with Gasteiger partial charge in [0.2, 0.25) is 0 Å². The van der Waals surface area contributed by atoms with Gasteiger partial charge in [-0.3, -0.25) is 0 Å². The molecule has 0 aliphatic carbocycles. The number of benzene rings is 2. The Labute approximate surface area is 129 Å². The standard InChI is InChI=1S/C20H27N/c1-5-21-16(4)14-17-6-8-19(9-7-17)20-12-10-18(11-13-20)15(2)3/h6-13,15-16,21H,5,14H2,1-4H3. The Morgan fingerprint density at radius 3 is 1.81 bits per heavy atom. The van der Waals surface area contributed by atoms with Gasteiger partial charge in [0, 0.05) is 6.04 Å². The van der Waals surface area contributed by atoms with Gasteiger partial charge in [-0.2, -0.15) is 0 Å². The number of likely N-dealkylation sites (N-methyl/N-ethyl adjacent to an activating group) is 1. The highest BCUT2D eigenvalue weighted by molar-refractivity contribution is 5.64. The normalized spacial score (nSPS) is 12.6. The van der Waals surface area contributed by atoms with Crippen molar-refractivity contribution in [3.05, 3.63) is 59.7 Å². The molecule has 0 aromatic heterocycles. The molecule has 0 bridgehead atoms. The maximum Gasteiger partial charge on any atom is 0.00790 e. The average Bonchev–Trinajstić information content (AvgIpc) is 2.48. The van der Waals surface area contributed by atoms with Crippen LogP contribution in [0.4, 0.5) is 0 Å². The lowest BCUT2D eigenvalue weighted by molar-refractivity contribution is 0.565. The third-order valence-corrected chi connectivity index (χ3v) is 3.96. The van der Waals surface area contributed by atoms with Crippen LogP contribution in [0.2, 0.25) is 0 Å². The van der Waals surface area contributed by atoms with E-state index in [1.54, 1.807) is 0 Å². The number of nitrogens with one attached hydrogen (secondary N) is 1. The van der Waals surface area contributed by atoms with Gasteiger partial charge in [0.25, 0.3) is 0 Å². The lowest BCUT2D eigenvalue weighted by Crippen LogP contribution is -2.27. The summed E-state index contributed by atoms with van der Waals surface area (Å²) in [6.45, 7) is 9.88. The van der Waals surface area contributed by atoms with Crippen LogP contribution in [0.1, 0.15) is 44.7 Å². The molecule has 2 rings (SSSR count). The number of rotatable bonds is 6. The lowest BCUT2D eigenvalue weighted by Gasteiger charge is -2.12. The molecule has 21 heavy (non-hydrogen) atoms. The van der Waals surface area contributed by atoms with Crippen LogP contribution in [0.25, 0.3) is 11.1 Å². The molecule has 0 amide bonds. The average molecular weight is 281 g/mol. The van der Waals surface area contributed by atoms with Crippen molar-refractivity contribution in [3.8, 4) is 11.1 Å².